The Balaban J connectivity index is 2.00. The lowest BCUT2D eigenvalue weighted by molar-refractivity contribution is -0.695. The van der Waals surface area contributed by atoms with Crippen LogP contribution in [0.3, 0.4) is 0 Å². The van der Waals surface area contributed by atoms with Gasteiger partial charge in [0.1, 0.15) is 6.54 Å². The third-order valence-corrected chi connectivity index (χ3v) is 4.02. The van der Waals surface area contributed by atoms with Crippen molar-refractivity contribution in [1.29, 1.82) is 0 Å². The normalized spacial score (nSPS) is 11.1. The molecule has 0 aliphatic rings. The summed E-state index contributed by atoms with van der Waals surface area (Å²) in [6.45, 7) is 5.27. The maximum Gasteiger partial charge on any atom is 0.205 e. The summed E-state index contributed by atoms with van der Waals surface area (Å²) < 4.78 is 2.24. The average molecular weight is 310 g/mol. The average Bonchev–Trinajstić information content (AvgIpc) is 2.60. The molecule has 23 heavy (non-hydrogen) atoms. The van der Waals surface area contributed by atoms with Crippen LogP contribution in [0.25, 0.3) is 12.2 Å². The van der Waals surface area contributed by atoms with Gasteiger partial charge in [-0.15, -0.1) is 0 Å². The summed E-state index contributed by atoms with van der Waals surface area (Å²) in [6.07, 6.45) is 7.62. The molecule has 0 aliphatic carbocycles. The quantitative estimate of drug-likeness (QED) is 0.596. The lowest BCUT2D eigenvalue weighted by Gasteiger charge is -2.19. The molecule has 0 spiro atoms. The van der Waals surface area contributed by atoms with Crippen molar-refractivity contribution >= 4 is 17.8 Å². The van der Waals surface area contributed by atoms with Gasteiger partial charge in [-0.05, 0) is 56.8 Å². The predicted molar refractivity (Wildman–Crippen MR) is 99.5 cm³/mol. The van der Waals surface area contributed by atoms with Gasteiger partial charge in [0.2, 0.25) is 5.69 Å². The fourth-order valence-electron chi connectivity index (χ4n) is 2.57. The van der Waals surface area contributed by atoms with E-state index in [0.717, 1.165) is 26.1 Å². The summed E-state index contributed by atoms with van der Waals surface area (Å²) in [5.74, 6) is 0. The highest BCUT2D eigenvalue weighted by Crippen LogP contribution is 2.15. The van der Waals surface area contributed by atoms with E-state index in [1.54, 1.807) is 0 Å². The molecular formula is C20H28N3+. The number of aromatic nitrogens is 1. The molecule has 122 valence electrons. The molecule has 0 saturated carbocycles. The van der Waals surface area contributed by atoms with Crippen LogP contribution in [-0.4, -0.2) is 27.2 Å². The van der Waals surface area contributed by atoms with Crippen LogP contribution in [-0.2, 0) is 6.54 Å². The molecule has 0 radical (unpaired) electrons. The van der Waals surface area contributed by atoms with Gasteiger partial charge in [-0.2, -0.15) is 4.57 Å². The van der Waals surface area contributed by atoms with Crippen LogP contribution in [0.15, 0.2) is 48.7 Å². The highest BCUT2D eigenvalue weighted by atomic mass is 15.1. The molecule has 0 unspecified atom stereocenters. The van der Waals surface area contributed by atoms with Crippen LogP contribution in [0.1, 0.15) is 24.6 Å². The summed E-state index contributed by atoms with van der Waals surface area (Å²) in [5.41, 5.74) is 3.72. The third-order valence-electron chi connectivity index (χ3n) is 4.02. The largest absolute Gasteiger partial charge is 0.375 e. The van der Waals surface area contributed by atoms with E-state index in [1.807, 2.05) is 7.05 Å². The van der Waals surface area contributed by atoms with Crippen LogP contribution in [0.2, 0.25) is 0 Å². The minimum Gasteiger partial charge on any atom is -0.375 e. The standard InChI is InChI=1S/C20H28N3/c1-4-23-17-6-5-8-20(23)14-11-18-9-12-19(13-10-18)22(3)16-7-15-21-2/h5-6,8-14,17,21H,4,7,15-16H2,1-3H3/q+1. The third kappa shape index (κ3) is 5.22. The maximum atomic E-state index is 3.19. The highest BCUT2D eigenvalue weighted by molar-refractivity contribution is 5.68. The molecule has 2 aromatic rings. The van der Waals surface area contributed by atoms with E-state index < -0.39 is 0 Å². The minimum absolute atomic E-state index is 0.983. The lowest BCUT2D eigenvalue weighted by Crippen LogP contribution is -2.34. The van der Waals surface area contributed by atoms with Crippen molar-refractivity contribution in [3.8, 4) is 0 Å². The van der Waals surface area contributed by atoms with Gasteiger partial charge in [0, 0.05) is 37.5 Å². The summed E-state index contributed by atoms with van der Waals surface area (Å²) >= 11 is 0. The summed E-state index contributed by atoms with van der Waals surface area (Å²) in [6, 6.07) is 15.0. The second kappa shape index (κ2) is 9.11. The molecule has 0 aliphatic heterocycles. The van der Waals surface area contributed by atoms with Gasteiger partial charge in [-0.3, -0.25) is 0 Å². The van der Waals surface area contributed by atoms with E-state index in [9.17, 15) is 0 Å². The minimum atomic E-state index is 0.983. The second-order valence-electron chi connectivity index (χ2n) is 5.72. The zero-order valence-electron chi connectivity index (χ0n) is 14.5. The number of nitrogens with zero attached hydrogens (tertiary/aromatic N) is 2. The van der Waals surface area contributed by atoms with Gasteiger partial charge >= 0.3 is 0 Å². The van der Waals surface area contributed by atoms with Crippen molar-refractivity contribution in [2.45, 2.75) is 19.9 Å². The first-order chi connectivity index (χ1) is 11.2. The molecule has 3 nitrogen and oxygen atoms in total. The van der Waals surface area contributed by atoms with Gasteiger partial charge in [-0.25, -0.2) is 0 Å². The van der Waals surface area contributed by atoms with Gasteiger partial charge in [0.25, 0.3) is 0 Å². The Kier molecular flexibility index (Phi) is 6.82. The van der Waals surface area contributed by atoms with E-state index in [0.29, 0.717) is 0 Å². The van der Waals surface area contributed by atoms with Gasteiger partial charge in [0.15, 0.2) is 6.20 Å². The number of hydrogen-bond acceptors (Lipinski definition) is 2. The first-order valence-corrected chi connectivity index (χ1v) is 8.37. The van der Waals surface area contributed by atoms with Crippen LogP contribution >= 0.6 is 0 Å². The fraction of sp³-hybridized carbons (Fsp3) is 0.350. The van der Waals surface area contributed by atoms with Crippen molar-refractivity contribution in [2.24, 2.45) is 0 Å². The molecule has 0 atom stereocenters. The Morgan fingerprint density at radius 1 is 1.09 bits per heavy atom. The van der Waals surface area contributed by atoms with Crippen LogP contribution in [0, 0.1) is 0 Å². The molecule has 0 saturated heterocycles. The molecule has 1 N–H and O–H groups in total. The first-order valence-electron chi connectivity index (χ1n) is 8.37. The molecular weight excluding hydrogens is 282 g/mol. The second-order valence-corrected chi connectivity index (χ2v) is 5.72. The smallest absolute Gasteiger partial charge is 0.205 e. The van der Waals surface area contributed by atoms with Crippen LogP contribution in [0.5, 0.6) is 0 Å². The number of hydrogen-bond donors (Lipinski definition) is 1. The Morgan fingerprint density at radius 2 is 1.87 bits per heavy atom. The SMILES string of the molecule is CC[n+]1ccccc1/C=C/c1ccc(N(C)CCCNC)cc1. The Hall–Kier alpha value is -2.13. The van der Waals surface area contributed by atoms with E-state index >= 15 is 0 Å². The number of benzene rings is 1. The van der Waals surface area contributed by atoms with E-state index in [4.69, 9.17) is 0 Å². The number of pyridine rings is 1. The fourth-order valence-corrected chi connectivity index (χ4v) is 2.57. The number of aryl methyl sites for hydroxylation is 1. The van der Waals surface area contributed by atoms with Crippen LogP contribution in [0.4, 0.5) is 5.69 Å². The molecule has 0 amide bonds. The number of anilines is 1. The van der Waals surface area contributed by atoms with Gasteiger partial charge < -0.3 is 10.2 Å². The monoisotopic (exact) mass is 310 g/mol. The van der Waals surface area contributed by atoms with E-state index in [-0.39, 0.29) is 0 Å². The predicted octanol–water partition coefficient (Wildman–Crippen LogP) is 3.21. The van der Waals surface area contributed by atoms with E-state index in [1.165, 1.54) is 16.9 Å². The van der Waals surface area contributed by atoms with Crippen LogP contribution < -0.4 is 14.8 Å². The highest BCUT2D eigenvalue weighted by Gasteiger charge is 2.03. The van der Waals surface area contributed by atoms with Gasteiger partial charge in [-0.1, -0.05) is 12.1 Å². The summed E-state index contributed by atoms with van der Waals surface area (Å²) in [7, 11) is 4.14. The molecule has 0 fully saturated rings. The van der Waals surface area contributed by atoms with Gasteiger partial charge in [0.05, 0.1) is 0 Å². The van der Waals surface area contributed by atoms with Crippen molar-refractivity contribution in [3.05, 3.63) is 59.9 Å². The Bertz CT molecular complexity index is 617. The van der Waals surface area contributed by atoms with Crippen molar-refractivity contribution in [3.63, 3.8) is 0 Å². The molecule has 2 rings (SSSR count). The molecule has 1 aromatic heterocycles. The van der Waals surface area contributed by atoms with Crippen molar-refractivity contribution < 1.29 is 4.57 Å². The summed E-state index contributed by atoms with van der Waals surface area (Å²) in [5, 5.41) is 3.19. The Morgan fingerprint density at radius 3 is 2.57 bits per heavy atom. The van der Waals surface area contributed by atoms with Crippen molar-refractivity contribution in [2.75, 3.05) is 32.1 Å². The zero-order valence-corrected chi connectivity index (χ0v) is 14.5. The molecule has 1 heterocycles. The number of nitrogens with one attached hydrogen (secondary N) is 1. The number of rotatable bonds is 8. The summed E-state index contributed by atoms with van der Waals surface area (Å²) in [4.78, 5) is 2.30. The molecule has 3 heteroatoms. The zero-order chi connectivity index (χ0) is 16.5. The molecule has 0 bridgehead atoms. The molecule has 1 aromatic carbocycles. The lowest BCUT2D eigenvalue weighted by atomic mass is 10.1. The first kappa shape index (κ1) is 17.2. The van der Waals surface area contributed by atoms with Crippen molar-refractivity contribution in [1.82, 2.24) is 5.32 Å². The van der Waals surface area contributed by atoms with E-state index in [2.05, 4.69) is 89.6 Å². The Labute approximate surface area is 140 Å². The topological polar surface area (TPSA) is 19.1 Å². The maximum absolute atomic E-state index is 3.19.